The van der Waals surface area contributed by atoms with E-state index in [0.29, 0.717) is 10.9 Å². The van der Waals surface area contributed by atoms with E-state index in [1.165, 1.54) is 12.1 Å². The van der Waals surface area contributed by atoms with Gasteiger partial charge in [0.05, 0.1) is 0 Å². The molecule has 1 unspecified atom stereocenters. The SMILES string of the molecule is Fc1ccc(C2[CH]C2)c(Cl)c1. The molecule has 0 N–H and O–H groups in total. The third kappa shape index (κ3) is 1.38. The number of halogens is 2. The van der Waals surface area contributed by atoms with Crippen molar-refractivity contribution in [3.05, 3.63) is 41.0 Å². The first kappa shape index (κ1) is 7.11. The molecule has 0 heterocycles. The van der Waals surface area contributed by atoms with Crippen LogP contribution in [0, 0.1) is 12.2 Å². The van der Waals surface area contributed by atoms with E-state index in [-0.39, 0.29) is 5.82 Å². The highest BCUT2D eigenvalue weighted by molar-refractivity contribution is 6.31. The maximum Gasteiger partial charge on any atom is 0.124 e. The summed E-state index contributed by atoms with van der Waals surface area (Å²) in [4.78, 5) is 0. The Balaban J connectivity index is 2.39. The maximum atomic E-state index is 12.5. The van der Waals surface area contributed by atoms with Crippen LogP contribution in [0.1, 0.15) is 17.9 Å². The van der Waals surface area contributed by atoms with Gasteiger partial charge in [-0.05, 0) is 36.5 Å². The van der Waals surface area contributed by atoms with Crippen molar-refractivity contribution in [2.45, 2.75) is 12.3 Å². The standard InChI is InChI=1S/C9H7ClF/c10-9-5-7(11)3-4-8(9)6-1-2-6/h1,3-6H,2H2. The fraction of sp³-hybridized carbons (Fsp3) is 0.222. The largest absolute Gasteiger partial charge is 0.207 e. The molecule has 1 atom stereocenters. The van der Waals surface area contributed by atoms with E-state index in [0.717, 1.165) is 12.0 Å². The summed E-state index contributed by atoms with van der Waals surface area (Å²) in [6.45, 7) is 0. The summed E-state index contributed by atoms with van der Waals surface area (Å²) in [5, 5.41) is 0.545. The topological polar surface area (TPSA) is 0 Å². The van der Waals surface area contributed by atoms with Crippen LogP contribution in [0.3, 0.4) is 0 Å². The molecule has 0 aliphatic heterocycles. The lowest BCUT2D eigenvalue weighted by atomic mass is 10.1. The molecule has 57 valence electrons. The normalized spacial score (nSPS) is 16.9. The molecule has 0 amide bonds. The summed E-state index contributed by atoms with van der Waals surface area (Å²) >= 11 is 5.80. The van der Waals surface area contributed by atoms with Gasteiger partial charge in [0.1, 0.15) is 5.82 Å². The quantitative estimate of drug-likeness (QED) is 0.606. The molecule has 1 fully saturated rings. The third-order valence-corrected chi connectivity index (χ3v) is 2.16. The number of hydrogen-bond acceptors (Lipinski definition) is 0. The molecule has 1 aliphatic rings. The van der Waals surface area contributed by atoms with Crippen LogP contribution in [0.25, 0.3) is 0 Å². The minimum atomic E-state index is -0.264. The molecule has 0 nitrogen and oxygen atoms in total. The highest BCUT2D eigenvalue weighted by Crippen LogP contribution is 2.41. The molecule has 1 aliphatic carbocycles. The van der Waals surface area contributed by atoms with E-state index in [2.05, 4.69) is 6.42 Å². The van der Waals surface area contributed by atoms with Gasteiger partial charge in [-0.1, -0.05) is 17.7 Å². The maximum absolute atomic E-state index is 12.5. The minimum Gasteiger partial charge on any atom is -0.207 e. The van der Waals surface area contributed by atoms with Gasteiger partial charge in [0.2, 0.25) is 0 Å². The second kappa shape index (κ2) is 2.49. The van der Waals surface area contributed by atoms with Crippen molar-refractivity contribution < 1.29 is 4.39 Å². The lowest BCUT2D eigenvalue weighted by Gasteiger charge is -1.99. The zero-order valence-electron chi connectivity index (χ0n) is 5.85. The number of rotatable bonds is 1. The van der Waals surface area contributed by atoms with Crippen molar-refractivity contribution in [2.24, 2.45) is 0 Å². The van der Waals surface area contributed by atoms with Crippen molar-refractivity contribution in [1.82, 2.24) is 0 Å². The van der Waals surface area contributed by atoms with Crippen molar-refractivity contribution in [3.63, 3.8) is 0 Å². The molecule has 0 saturated heterocycles. The Morgan fingerprint density at radius 2 is 2.18 bits per heavy atom. The van der Waals surface area contributed by atoms with Gasteiger partial charge in [0.25, 0.3) is 0 Å². The summed E-state index contributed by atoms with van der Waals surface area (Å²) in [5.41, 5.74) is 1.05. The van der Waals surface area contributed by atoms with E-state index in [9.17, 15) is 4.39 Å². The minimum absolute atomic E-state index is 0.264. The zero-order valence-corrected chi connectivity index (χ0v) is 6.61. The molecule has 1 aromatic rings. The second-order valence-corrected chi connectivity index (χ2v) is 3.15. The lowest BCUT2D eigenvalue weighted by molar-refractivity contribution is 0.627. The summed E-state index contributed by atoms with van der Waals surface area (Å²) in [6.07, 6.45) is 3.23. The average Bonchev–Trinajstić information content (AvgIpc) is 2.70. The number of hydrogen-bond donors (Lipinski definition) is 0. The summed E-state index contributed by atoms with van der Waals surface area (Å²) in [5.74, 6) is 0.211. The molecule has 1 saturated carbocycles. The lowest BCUT2D eigenvalue weighted by Crippen LogP contribution is -1.82. The van der Waals surface area contributed by atoms with Crippen LogP contribution >= 0.6 is 11.6 Å². The molecule has 2 rings (SSSR count). The highest BCUT2D eigenvalue weighted by Gasteiger charge is 2.25. The van der Waals surface area contributed by atoms with Gasteiger partial charge in [-0.25, -0.2) is 4.39 Å². The highest BCUT2D eigenvalue weighted by atomic mass is 35.5. The van der Waals surface area contributed by atoms with Gasteiger partial charge in [-0.3, -0.25) is 0 Å². The van der Waals surface area contributed by atoms with E-state index in [1.807, 2.05) is 0 Å². The van der Waals surface area contributed by atoms with Crippen LogP contribution in [0.4, 0.5) is 4.39 Å². The van der Waals surface area contributed by atoms with Gasteiger partial charge in [-0.2, -0.15) is 0 Å². The zero-order chi connectivity index (χ0) is 7.84. The summed E-state index contributed by atoms with van der Waals surface area (Å²) in [7, 11) is 0. The van der Waals surface area contributed by atoms with Crippen molar-refractivity contribution in [3.8, 4) is 0 Å². The fourth-order valence-corrected chi connectivity index (χ4v) is 1.43. The predicted octanol–water partition coefficient (Wildman–Crippen LogP) is 3.17. The van der Waals surface area contributed by atoms with E-state index in [1.54, 1.807) is 6.07 Å². The van der Waals surface area contributed by atoms with E-state index in [4.69, 9.17) is 11.6 Å². The van der Waals surface area contributed by atoms with Crippen LogP contribution in [0.2, 0.25) is 5.02 Å². The Hall–Kier alpha value is -0.560. The Kier molecular flexibility index (Phi) is 1.61. The predicted molar refractivity (Wildman–Crippen MR) is 43.1 cm³/mol. The van der Waals surface area contributed by atoms with Crippen LogP contribution in [-0.4, -0.2) is 0 Å². The van der Waals surface area contributed by atoms with E-state index >= 15 is 0 Å². The Morgan fingerprint density at radius 3 is 2.73 bits per heavy atom. The molecule has 2 heteroatoms. The third-order valence-electron chi connectivity index (χ3n) is 1.83. The van der Waals surface area contributed by atoms with Crippen LogP contribution < -0.4 is 0 Å². The van der Waals surface area contributed by atoms with Gasteiger partial charge < -0.3 is 0 Å². The molecule has 1 radical (unpaired) electrons. The Morgan fingerprint density at radius 1 is 1.45 bits per heavy atom. The molecular weight excluding hydrogens is 163 g/mol. The van der Waals surface area contributed by atoms with E-state index < -0.39 is 0 Å². The van der Waals surface area contributed by atoms with Crippen LogP contribution in [0.15, 0.2) is 18.2 Å². The Bertz CT molecular complexity index is 279. The van der Waals surface area contributed by atoms with Crippen LogP contribution in [-0.2, 0) is 0 Å². The first-order chi connectivity index (χ1) is 5.27. The van der Waals surface area contributed by atoms with Crippen LogP contribution in [0.5, 0.6) is 0 Å². The van der Waals surface area contributed by atoms with Gasteiger partial charge in [0.15, 0.2) is 0 Å². The molecule has 0 spiro atoms. The molecule has 1 aromatic carbocycles. The molecule has 0 aromatic heterocycles. The first-order valence-electron chi connectivity index (χ1n) is 3.55. The second-order valence-electron chi connectivity index (χ2n) is 2.74. The summed E-state index contributed by atoms with van der Waals surface area (Å²) in [6, 6.07) is 4.57. The van der Waals surface area contributed by atoms with Crippen molar-refractivity contribution in [1.29, 1.82) is 0 Å². The van der Waals surface area contributed by atoms with Crippen molar-refractivity contribution >= 4 is 11.6 Å². The average molecular weight is 170 g/mol. The Labute approximate surface area is 70.0 Å². The van der Waals surface area contributed by atoms with Gasteiger partial charge in [0, 0.05) is 5.02 Å². The van der Waals surface area contributed by atoms with Gasteiger partial charge >= 0.3 is 0 Å². The van der Waals surface area contributed by atoms with Gasteiger partial charge in [-0.15, -0.1) is 0 Å². The summed E-state index contributed by atoms with van der Waals surface area (Å²) < 4.78 is 12.5. The molecular formula is C9H7ClF. The first-order valence-corrected chi connectivity index (χ1v) is 3.93. The fourth-order valence-electron chi connectivity index (χ4n) is 1.12. The monoisotopic (exact) mass is 169 g/mol. The molecule has 0 bridgehead atoms. The number of benzene rings is 1. The molecule has 11 heavy (non-hydrogen) atoms. The smallest absolute Gasteiger partial charge is 0.124 e. The van der Waals surface area contributed by atoms with Crippen molar-refractivity contribution in [2.75, 3.05) is 0 Å².